The fourth-order valence-electron chi connectivity index (χ4n) is 3.98. The Kier molecular flexibility index (Phi) is 5.51. The second kappa shape index (κ2) is 8.62. The third-order valence-electron chi connectivity index (χ3n) is 5.48. The van der Waals surface area contributed by atoms with Crippen molar-refractivity contribution in [3.63, 3.8) is 0 Å². The lowest BCUT2D eigenvalue weighted by Crippen LogP contribution is -2.31. The van der Waals surface area contributed by atoms with Gasteiger partial charge in [0.05, 0.1) is 36.3 Å². The van der Waals surface area contributed by atoms with E-state index in [4.69, 9.17) is 20.9 Å². The first-order valence-corrected chi connectivity index (χ1v) is 10.6. The molecule has 168 valence electrons. The topological polar surface area (TPSA) is 99.2 Å². The number of hydrogen-bond donors (Lipinski definition) is 0. The van der Waals surface area contributed by atoms with Gasteiger partial charge in [-0.15, -0.1) is 0 Å². The van der Waals surface area contributed by atoms with Crippen LogP contribution in [0.15, 0.2) is 53.3 Å². The van der Waals surface area contributed by atoms with Crippen molar-refractivity contribution in [1.29, 1.82) is 0 Å². The Morgan fingerprint density at radius 1 is 1.24 bits per heavy atom. The van der Waals surface area contributed by atoms with Crippen LogP contribution < -0.4 is 4.74 Å². The molecule has 1 aliphatic rings. The Balaban J connectivity index is 1.47. The second-order valence-electron chi connectivity index (χ2n) is 7.41. The van der Waals surface area contributed by atoms with Gasteiger partial charge in [-0.3, -0.25) is 4.79 Å². The zero-order chi connectivity index (χ0) is 22.9. The molecule has 1 atom stereocenters. The summed E-state index contributed by atoms with van der Waals surface area (Å²) in [6, 6.07) is 8.99. The van der Waals surface area contributed by atoms with Gasteiger partial charge in [-0.25, -0.2) is 4.39 Å². The Morgan fingerprint density at radius 2 is 2.06 bits per heavy atom. The first kappa shape index (κ1) is 21.1. The predicted molar refractivity (Wildman–Crippen MR) is 116 cm³/mol. The first-order chi connectivity index (χ1) is 16.1. The number of halogens is 2. The molecule has 0 bridgehead atoms. The number of ether oxygens (including phenoxy) is 1. The summed E-state index contributed by atoms with van der Waals surface area (Å²) in [7, 11) is 1.37. The summed E-state index contributed by atoms with van der Waals surface area (Å²) in [4.78, 5) is 21.0. The first-order valence-electron chi connectivity index (χ1n) is 10.2. The zero-order valence-electron chi connectivity index (χ0n) is 17.5. The van der Waals surface area contributed by atoms with E-state index in [1.807, 2.05) is 0 Å². The maximum absolute atomic E-state index is 14.1. The van der Waals surface area contributed by atoms with Crippen molar-refractivity contribution in [3.8, 4) is 22.8 Å². The zero-order valence-corrected chi connectivity index (χ0v) is 18.2. The Bertz CT molecular complexity index is 1310. The lowest BCUT2D eigenvalue weighted by molar-refractivity contribution is 0.0709. The summed E-state index contributed by atoms with van der Waals surface area (Å²) >= 11 is 6.16. The highest BCUT2D eigenvalue weighted by atomic mass is 35.5. The summed E-state index contributed by atoms with van der Waals surface area (Å²) in [6.45, 7) is 0.513. The molecule has 5 rings (SSSR count). The van der Waals surface area contributed by atoms with Gasteiger partial charge in [0.1, 0.15) is 6.04 Å². The smallest absolute Gasteiger partial charge is 0.256 e. The van der Waals surface area contributed by atoms with Crippen LogP contribution in [-0.2, 0) is 0 Å². The van der Waals surface area contributed by atoms with Crippen LogP contribution in [0.3, 0.4) is 0 Å². The van der Waals surface area contributed by atoms with E-state index in [2.05, 4.69) is 20.3 Å². The highest BCUT2D eigenvalue weighted by Gasteiger charge is 2.36. The Hall–Kier alpha value is -3.79. The molecule has 2 aromatic carbocycles. The summed E-state index contributed by atoms with van der Waals surface area (Å²) in [5.74, 6) is -0.267. The molecule has 9 nitrogen and oxygen atoms in total. The molecule has 0 aliphatic carbocycles. The number of carbonyl (C=O) groups is 1. The number of rotatable bonds is 5. The van der Waals surface area contributed by atoms with Crippen molar-refractivity contribution in [2.75, 3.05) is 13.7 Å². The van der Waals surface area contributed by atoms with Crippen LogP contribution in [0, 0.1) is 5.82 Å². The van der Waals surface area contributed by atoms with E-state index in [1.165, 1.54) is 30.4 Å². The van der Waals surface area contributed by atoms with Gasteiger partial charge in [0, 0.05) is 11.6 Å². The molecule has 0 spiro atoms. The fourth-order valence-corrected chi connectivity index (χ4v) is 4.15. The molecule has 0 N–H and O–H groups in total. The molecule has 33 heavy (non-hydrogen) atoms. The highest BCUT2D eigenvalue weighted by molar-refractivity contribution is 6.31. The van der Waals surface area contributed by atoms with Gasteiger partial charge in [0.15, 0.2) is 11.6 Å². The van der Waals surface area contributed by atoms with Crippen molar-refractivity contribution < 1.29 is 18.4 Å². The van der Waals surface area contributed by atoms with E-state index < -0.39 is 11.9 Å². The minimum Gasteiger partial charge on any atom is -0.493 e. The second-order valence-corrected chi connectivity index (χ2v) is 7.85. The molecule has 0 saturated carbocycles. The van der Waals surface area contributed by atoms with Crippen LogP contribution in [0.5, 0.6) is 5.75 Å². The molecule has 11 heteroatoms. The molecule has 1 unspecified atom stereocenters. The molecule has 0 radical (unpaired) electrons. The number of carbonyl (C=O) groups excluding carboxylic acids is 1. The number of nitrogens with zero attached hydrogens (tertiary/aromatic N) is 6. The number of benzene rings is 2. The van der Waals surface area contributed by atoms with Gasteiger partial charge in [-0.05, 0) is 43.2 Å². The molecule has 3 heterocycles. The summed E-state index contributed by atoms with van der Waals surface area (Å²) in [6.07, 6.45) is 4.46. The highest BCUT2D eigenvalue weighted by Crippen LogP contribution is 2.36. The SMILES string of the molecule is COc1c(F)cccc1-c1noc(C2CCCN2C(=O)c2ccc(Cl)cc2-n2nccn2)n1. The van der Waals surface area contributed by atoms with Crippen molar-refractivity contribution in [3.05, 3.63) is 71.1 Å². The Morgan fingerprint density at radius 3 is 2.85 bits per heavy atom. The quantitative estimate of drug-likeness (QED) is 0.435. The van der Waals surface area contributed by atoms with Gasteiger partial charge >= 0.3 is 0 Å². The van der Waals surface area contributed by atoms with Gasteiger partial charge in [0.25, 0.3) is 5.91 Å². The normalized spacial score (nSPS) is 15.7. The lowest BCUT2D eigenvalue weighted by atomic mass is 10.1. The molecular formula is C22H18ClFN6O3. The molecule has 1 saturated heterocycles. The number of para-hydroxylation sites is 1. The average Bonchev–Trinajstić information content (AvgIpc) is 3.60. The monoisotopic (exact) mass is 468 g/mol. The average molecular weight is 469 g/mol. The van der Waals surface area contributed by atoms with Gasteiger partial charge < -0.3 is 14.2 Å². The Labute approximate surface area is 192 Å². The van der Waals surface area contributed by atoms with Crippen LogP contribution in [0.25, 0.3) is 17.1 Å². The van der Waals surface area contributed by atoms with E-state index in [-0.39, 0.29) is 23.4 Å². The third kappa shape index (κ3) is 3.82. The van der Waals surface area contributed by atoms with Gasteiger partial charge in [-0.1, -0.05) is 22.8 Å². The van der Waals surface area contributed by atoms with E-state index in [0.29, 0.717) is 34.8 Å². The molecule has 2 aromatic heterocycles. The van der Waals surface area contributed by atoms with Crippen molar-refractivity contribution in [2.24, 2.45) is 0 Å². The number of hydrogen-bond acceptors (Lipinski definition) is 7. The van der Waals surface area contributed by atoms with Crippen LogP contribution in [0.4, 0.5) is 4.39 Å². The fraction of sp³-hybridized carbons (Fsp3) is 0.227. The maximum atomic E-state index is 14.1. The van der Waals surface area contributed by atoms with Crippen LogP contribution in [0.2, 0.25) is 5.02 Å². The van der Waals surface area contributed by atoms with Crippen LogP contribution >= 0.6 is 11.6 Å². The van der Waals surface area contributed by atoms with Crippen molar-refractivity contribution in [1.82, 2.24) is 30.0 Å². The molecule has 1 fully saturated rings. The lowest BCUT2D eigenvalue weighted by Gasteiger charge is -2.23. The molecule has 1 amide bonds. The third-order valence-corrected chi connectivity index (χ3v) is 5.71. The number of amides is 1. The van der Waals surface area contributed by atoms with Crippen LogP contribution in [-0.4, -0.2) is 49.6 Å². The van der Waals surface area contributed by atoms with E-state index in [9.17, 15) is 9.18 Å². The number of likely N-dealkylation sites (tertiary alicyclic amines) is 1. The standard InChI is InChI=1S/C22H18ClFN6O3/c1-32-19-15(4-2-5-16(19)24)20-27-21(33-28-20)17-6-3-11-29(17)22(31)14-8-7-13(23)12-18(14)30-25-9-10-26-30/h2,4-5,7-10,12,17H,3,6,11H2,1H3. The maximum Gasteiger partial charge on any atom is 0.256 e. The van der Waals surface area contributed by atoms with Crippen LogP contribution in [0.1, 0.15) is 35.1 Å². The molecule has 1 aliphatic heterocycles. The predicted octanol–water partition coefficient (Wildman–Crippen LogP) is 4.10. The van der Waals surface area contributed by atoms with Gasteiger partial charge in [-0.2, -0.15) is 20.0 Å². The summed E-state index contributed by atoms with van der Waals surface area (Å²) in [5.41, 5.74) is 1.24. The number of aromatic nitrogens is 5. The van der Waals surface area contributed by atoms with Crippen molar-refractivity contribution >= 4 is 17.5 Å². The van der Waals surface area contributed by atoms with E-state index >= 15 is 0 Å². The minimum atomic E-state index is -0.526. The largest absolute Gasteiger partial charge is 0.493 e. The summed E-state index contributed by atoms with van der Waals surface area (Å²) < 4.78 is 24.7. The minimum absolute atomic E-state index is 0.0294. The van der Waals surface area contributed by atoms with E-state index in [0.717, 1.165) is 6.42 Å². The number of methoxy groups -OCH3 is 1. The van der Waals surface area contributed by atoms with Gasteiger partial charge in [0.2, 0.25) is 11.7 Å². The van der Waals surface area contributed by atoms with E-state index in [1.54, 1.807) is 35.2 Å². The molecule has 4 aromatic rings. The summed E-state index contributed by atoms with van der Waals surface area (Å²) in [5, 5.41) is 12.7. The van der Waals surface area contributed by atoms with Crippen molar-refractivity contribution in [2.45, 2.75) is 18.9 Å². The molecular weight excluding hydrogens is 451 g/mol.